The highest BCUT2D eigenvalue weighted by atomic mass is 19.1. The summed E-state index contributed by atoms with van der Waals surface area (Å²) in [5.74, 6) is -1.75. The van der Waals surface area contributed by atoms with Gasteiger partial charge in [0.2, 0.25) is 5.43 Å². The summed E-state index contributed by atoms with van der Waals surface area (Å²) >= 11 is 0. The Kier molecular flexibility index (Phi) is 4.83. The summed E-state index contributed by atoms with van der Waals surface area (Å²) in [5, 5.41) is 14.3. The number of ether oxygens (including phenoxy) is 2. The van der Waals surface area contributed by atoms with Crippen LogP contribution in [-0.4, -0.2) is 68.4 Å². The molecule has 1 saturated heterocycles. The zero-order chi connectivity index (χ0) is 20.9. The minimum absolute atomic E-state index is 0.0233. The number of benzene rings is 1. The maximum absolute atomic E-state index is 15.2. The van der Waals surface area contributed by atoms with Crippen molar-refractivity contribution in [1.82, 2.24) is 9.99 Å². The number of pyridine rings is 1. The van der Waals surface area contributed by atoms with Crippen LogP contribution in [0.2, 0.25) is 0 Å². The number of aromatic nitrogens is 1. The van der Waals surface area contributed by atoms with E-state index >= 15 is 4.39 Å². The molecule has 0 amide bonds. The van der Waals surface area contributed by atoms with Crippen LogP contribution in [0.25, 0.3) is 10.9 Å². The van der Waals surface area contributed by atoms with E-state index < -0.39 is 22.8 Å². The number of hydrogen-bond donors (Lipinski definition) is 2. The van der Waals surface area contributed by atoms with E-state index in [2.05, 4.69) is 5.32 Å². The van der Waals surface area contributed by atoms with E-state index in [0.717, 1.165) is 12.6 Å². The van der Waals surface area contributed by atoms with Gasteiger partial charge in [-0.15, -0.1) is 0 Å². The molecule has 1 fully saturated rings. The zero-order valence-corrected chi connectivity index (χ0v) is 16.4. The highest BCUT2D eigenvalue weighted by molar-refractivity contribution is 5.97. The van der Waals surface area contributed by atoms with Crippen molar-refractivity contribution >= 4 is 22.6 Å². The number of carbonyl (C=O) groups is 1. The van der Waals surface area contributed by atoms with Gasteiger partial charge in [-0.2, -0.15) is 0 Å². The third kappa shape index (κ3) is 2.99. The largest absolute Gasteiger partial charge is 0.477 e. The number of carboxylic acid groups (broad SMARTS) is 1. The number of anilines is 1. The van der Waals surface area contributed by atoms with E-state index in [4.69, 9.17) is 9.47 Å². The number of rotatable bonds is 5. The van der Waals surface area contributed by atoms with E-state index in [1.165, 1.54) is 10.9 Å². The molecule has 0 spiro atoms. The first kappa shape index (κ1) is 19.5. The monoisotopic (exact) mass is 406 g/mol. The van der Waals surface area contributed by atoms with Crippen LogP contribution in [0.5, 0.6) is 5.75 Å². The molecule has 9 nitrogen and oxygen atoms in total. The molecule has 3 heterocycles. The summed E-state index contributed by atoms with van der Waals surface area (Å²) < 4.78 is 28.1. The molecule has 2 atom stereocenters. The molecule has 4 rings (SSSR count). The molecular formula is C19H23FN4O5. The van der Waals surface area contributed by atoms with Gasteiger partial charge in [-0.05, 0) is 12.6 Å². The number of aromatic carboxylic acids is 1. The minimum Gasteiger partial charge on any atom is -0.477 e. The molecule has 0 radical (unpaired) electrons. The van der Waals surface area contributed by atoms with E-state index in [9.17, 15) is 14.7 Å². The van der Waals surface area contributed by atoms with Gasteiger partial charge >= 0.3 is 5.97 Å². The molecule has 0 saturated carbocycles. The van der Waals surface area contributed by atoms with E-state index in [-0.39, 0.29) is 35.7 Å². The van der Waals surface area contributed by atoms with Crippen molar-refractivity contribution in [2.75, 3.05) is 50.4 Å². The predicted molar refractivity (Wildman–Crippen MR) is 105 cm³/mol. The topological polar surface area (TPSA) is 96.3 Å². The molecule has 10 heteroatoms. The lowest BCUT2D eigenvalue weighted by molar-refractivity contribution is 0.0694. The Morgan fingerprint density at radius 2 is 2.21 bits per heavy atom. The van der Waals surface area contributed by atoms with Crippen molar-refractivity contribution in [2.24, 2.45) is 0 Å². The van der Waals surface area contributed by atoms with Gasteiger partial charge in [-0.3, -0.25) is 14.5 Å². The molecule has 156 valence electrons. The van der Waals surface area contributed by atoms with E-state index in [0.29, 0.717) is 18.6 Å². The van der Waals surface area contributed by atoms with Gasteiger partial charge in [-0.1, -0.05) is 6.92 Å². The Hall–Kier alpha value is -2.85. The molecular weight excluding hydrogens is 383 g/mol. The second-order valence-electron chi connectivity index (χ2n) is 7.23. The lowest BCUT2D eigenvalue weighted by Gasteiger charge is -2.33. The quantitative estimate of drug-likeness (QED) is 0.744. The molecule has 1 aromatic heterocycles. The van der Waals surface area contributed by atoms with Crippen molar-refractivity contribution in [3.05, 3.63) is 33.9 Å². The Bertz CT molecular complexity index is 1040. The summed E-state index contributed by atoms with van der Waals surface area (Å²) in [6.07, 6.45) is 1.13. The van der Waals surface area contributed by atoms with Crippen molar-refractivity contribution in [2.45, 2.75) is 19.1 Å². The minimum atomic E-state index is -1.36. The van der Waals surface area contributed by atoms with Gasteiger partial charge in [-0.25, -0.2) is 9.18 Å². The number of nitrogens with zero attached hydrogens (tertiary/aromatic N) is 3. The molecule has 2 unspecified atom stereocenters. The highest BCUT2D eigenvalue weighted by Crippen LogP contribution is 2.41. The lowest BCUT2D eigenvalue weighted by atomic mass is 10.1. The Morgan fingerprint density at radius 1 is 1.45 bits per heavy atom. The van der Waals surface area contributed by atoms with Gasteiger partial charge < -0.3 is 24.8 Å². The fourth-order valence-electron chi connectivity index (χ4n) is 4.12. The van der Waals surface area contributed by atoms with Crippen molar-refractivity contribution in [3.63, 3.8) is 0 Å². The van der Waals surface area contributed by atoms with Gasteiger partial charge in [0.25, 0.3) is 0 Å². The standard InChI is InChI=1S/C19H23FN4O5/c1-4-21-13-7-23(8-14(13)28-3)16-12(20)5-10-15-18(16)29-9-22(2)24(15)6-11(17(10)25)19(26)27/h5-6,13-14,21H,4,7-9H2,1-3H3,(H,26,27). The third-order valence-corrected chi connectivity index (χ3v) is 5.50. The Balaban J connectivity index is 1.92. The summed E-state index contributed by atoms with van der Waals surface area (Å²) in [5.41, 5.74) is -0.552. The van der Waals surface area contributed by atoms with Crippen molar-refractivity contribution < 1.29 is 23.8 Å². The predicted octanol–water partition coefficient (Wildman–Crippen LogP) is 0.570. The molecule has 0 bridgehead atoms. The van der Waals surface area contributed by atoms with Crippen LogP contribution in [0.15, 0.2) is 17.1 Å². The SMILES string of the molecule is CCNC1CN(c2c(F)cc3c(=O)c(C(=O)O)cn4c3c2OCN4C)CC1OC. The summed E-state index contributed by atoms with van der Waals surface area (Å²) in [6, 6.07) is 1.12. The fourth-order valence-corrected chi connectivity index (χ4v) is 4.12. The third-order valence-electron chi connectivity index (χ3n) is 5.50. The van der Waals surface area contributed by atoms with Crippen LogP contribution in [-0.2, 0) is 4.74 Å². The summed E-state index contributed by atoms with van der Waals surface area (Å²) in [7, 11) is 3.31. The summed E-state index contributed by atoms with van der Waals surface area (Å²) in [6.45, 7) is 3.80. The Labute approximate surface area is 166 Å². The fraction of sp³-hybridized carbons (Fsp3) is 0.474. The normalized spacial score (nSPS) is 21.0. The molecule has 1 aromatic carbocycles. The smallest absolute Gasteiger partial charge is 0.341 e. The number of nitrogens with one attached hydrogen (secondary N) is 1. The van der Waals surface area contributed by atoms with Gasteiger partial charge in [0.05, 0.1) is 17.5 Å². The first-order valence-corrected chi connectivity index (χ1v) is 9.37. The maximum Gasteiger partial charge on any atom is 0.341 e. The Morgan fingerprint density at radius 3 is 2.86 bits per heavy atom. The molecule has 2 N–H and O–H groups in total. The van der Waals surface area contributed by atoms with Gasteiger partial charge in [0, 0.05) is 33.4 Å². The van der Waals surface area contributed by atoms with Crippen LogP contribution in [0.3, 0.4) is 0 Å². The lowest BCUT2D eigenvalue weighted by Crippen LogP contribution is -2.40. The van der Waals surface area contributed by atoms with Gasteiger partial charge in [0.15, 0.2) is 18.3 Å². The van der Waals surface area contributed by atoms with Gasteiger partial charge in [0.1, 0.15) is 16.8 Å². The maximum atomic E-state index is 15.2. The number of carboxylic acids is 1. The van der Waals surface area contributed by atoms with Crippen LogP contribution < -0.4 is 25.4 Å². The van der Waals surface area contributed by atoms with Crippen molar-refractivity contribution in [1.29, 1.82) is 0 Å². The number of methoxy groups -OCH3 is 1. The molecule has 29 heavy (non-hydrogen) atoms. The second-order valence-corrected chi connectivity index (χ2v) is 7.23. The van der Waals surface area contributed by atoms with Crippen LogP contribution in [0.1, 0.15) is 17.3 Å². The summed E-state index contributed by atoms with van der Waals surface area (Å²) in [4.78, 5) is 26.0. The number of halogens is 1. The second kappa shape index (κ2) is 7.20. The first-order valence-electron chi connectivity index (χ1n) is 9.37. The molecule has 2 aromatic rings. The highest BCUT2D eigenvalue weighted by Gasteiger charge is 2.37. The first-order chi connectivity index (χ1) is 13.9. The molecule has 2 aliphatic rings. The zero-order valence-electron chi connectivity index (χ0n) is 16.4. The van der Waals surface area contributed by atoms with Crippen LogP contribution >= 0.6 is 0 Å². The van der Waals surface area contributed by atoms with Crippen LogP contribution in [0.4, 0.5) is 10.1 Å². The van der Waals surface area contributed by atoms with E-state index in [1.807, 2.05) is 11.8 Å². The van der Waals surface area contributed by atoms with Crippen molar-refractivity contribution in [3.8, 4) is 5.75 Å². The average Bonchev–Trinajstić information content (AvgIpc) is 3.08. The number of likely N-dealkylation sites (N-methyl/N-ethyl adjacent to an activating group) is 1. The van der Waals surface area contributed by atoms with Crippen LogP contribution in [0, 0.1) is 5.82 Å². The number of hydrogen-bond acceptors (Lipinski definition) is 7. The molecule has 2 aliphatic heterocycles. The molecule has 0 aliphatic carbocycles. The average molecular weight is 406 g/mol. The van der Waals surface area contributed by atoms with E-state index in [1.54, 1.807) is 19.2 Å².